The molecule has 0 aliphatic rings. The summed E-state index contributed by atoms with van der Waals surface area (Å²) in [7, 11) is -2.04. The number of benzene rings is 2. The van der Waals surface area contributed by atoms with Crippen molar-refractivity contribution in [2.45, 2.75) is 4.90 Å². The average Bonchev–Trinajstić information content (AvgIpc) is 2.39. The normalized spacial score (nSPS) is 13.1. The van der Waals surface area contributed by atoms with Crippen molar-refractivity contribution in [2.75, 3.05) is 0 Å². The minimum absolute atomic E-state index is 0.857. The zero-order chi connectivity index (χ0) is 11.4. The molecule has 0 fully saturated rings. The smallest absolute Gasteiger partial charge is 0.231 e. The van der Waals surface area contributed by atoms with Gasteiger partial charge in [-0.3, -0.25) is 4.21 Å². The molecule has 0 saturated carbocycles. The Morgan fingerprint density at radius 2 is 1.56 bits per heavy atom. The van der Waals surface area contributed by atoms with E-state index in [1.807, 2.05) is 54.6 Å². The minimum atomic E-state index is -1.04. The van der Waals surface area contributed by atoms with Gasteiger partial charge in [-0.25, -0.2) is 0 Å². The largest absolute Gasteiger partial charge is 0.261 e. The summed E-state index contributed by atoms with van der Waals surface area (Å²) in [5.74, 6) is 0. The van der Waals surface area contributed by atoms with Crippen LogP contribution in [0, 0.1) is 0 Å². The molecule has 0 heterocycles. The first-order valence-electron chi connectivity index (χ1n) is 4.91. The number of rotatable bonds is 3. The molecule has 0 aliphatic heterocycles. The topological polar surface area (TPSA) is 17.1 Å². The Bertz CT molecular complexity index is 501. The predicted molar refractivity (Wildman–Crippen MR) is 72.7 cm³/mol. The summed E-state index contributed by atoms with van der Waals surface area (Å²) in [6.07, 6.45) is 0. The Kier molecular flexibility index (Phi) is 3.93. The molecule has 2 aromatic rings. The van der Waals surface area contributed by atoms with E-state index < -0.39 is 18.2 Å². The van der Waals surface area contributed by atoms with Crippen molar-refractivity contribution in [1.82, 2.24) is 0 Å². The SMILES string of the molecule is O=S([SiH2]Cl)c1ccccc1-c1ccccc1. The highest BCUT2D eigenvalue weighted by atomic mass is 35.6. The maximum Gasteiger partial charge on any atom is 0.231 e. The molecule has 0 saturated heterocycles. The Morgan fingerprint density at radius 3 is 2.25 bits per heavy atom. The highest BCUT2D eigenvalue weighted by Gasteiger charge is 2.09. The molecule has 0 aromatic heterocycles. The molecule has 0 amide bonds. The summed E-state index contributed by atoms with van der Waals surface area (Å²) in [6, 6.07) is 17.7. The maximum atomic E-state index is 11.8. The van der Waals surface area contributed by atoms with Crippen LogP contribution in [0.3, 0.4) is 0 Å². The summed E-state index contributed by atoms with van der Waals surface area (Å²) in [4.78, 5) is 0.857. The molecule has 1 nitrogen and oxygen atoms in total. The van der Waals surface area contributed by atoms with Crippen molar-refractivity contribution in [3.63, 3.8) is 0 Å². The maximum absolute atomic E-state index is 11.8. The van der Waals surface area contributed by atoms with Gasteiger partial charge >= 0.3 is 0 Å². The van der Waals surface area contributed by atoms with Gasteiger partial charge < -0.3 is 0 Å². The fourth-order valence-corrected chi connectivity index (χ4v) is 4.52. The zero-order valence-electron chi connectivity index (χ0n) is 8.60. The van der Waals surface area contributed by atoms with Crippen LogP contribution in [0.2, 0.25) is 0 Å². The van der Waals surface area contributed by atoms with Crippen LogP contribution in [-0.4, -0.2) is 12.2 Å². The Morgan fingerprint density at radius 1 is 0.938 bits per heavy atom. The highest BCUT2D eigenvalue weighted by Crippen LogP contribution is 2.25. The van der Waals surface area contributed by atoms with Crippen LogP contribution >= 0.6 is 11.1 Å². The van der Waals surface area contributed by atoms with Crippen molar-refractivity contribution in [3.05, 3.63) is 54.6 Å². The molecular formula is C12H11ClOSSi. The van der Waals surface area contributed by atoms with Crippen molar-refractivity contribution >= 4 is 29.3 Å². The Balaban J connectivity index is 2.53. The molecule has 0 N–H and O–H groups in total. The minimum Gasteiger partial charge on any atom is -0.261 e. The lowest BCUT2D eigenvalue weighted by atomic mass is 10.1. The van der Waals surface area contributed by atoms with Gasteiger partial charge in [-0.1, -0.05) is 48.5 Å². The number of hydrogen-bond acceptors (Lipinski definition) is 1. The third-order valence-corrected chi connectivity index (χ3v) is 6.67. The molecule has 2 rings (SSSR count). The molecule has 0 bridgehead atoms. The van der Waals surface area contributed by atoms with Gasteiger partial charge in [0.05, 0.1) is 0 Å². The molecule has 2 aromatic carbocycles. The van der Waals surface area contributed by atoms with Gasteiger partial charge in [-0.15, -0.1) is 0 Å². The van der Waals surface area contributed by atoms with Crippen LogP contribution in [0.25, 0.3) is 11.1 Å². The van der Waals surface area contributed by atoms with Crippen molar-refractivity contribution in [1.29, 1.82) is 0 Å². The van der Waals surface area contributed by atoms with E-state index in [1.165, 1.54) is 0 Å². The van der Waals surface area contributed by atoms with E-state index in [9.17, 15) is 4.21 Å². The van der Waals surface area contributed by atoms with E-state index in [2.05, 4.69) is 0 Å². The van der Waals surface area contributed by atoms with Gasteiger partial charge in [0.1, 0.15) is 0 Å². The molecule has 1 unspecified atom stereocenters. The quantitative estimate of drug-likeness (QED) is 0.617. The monoisotopic (exact) mass is 266 g/mol. The first-order valence-corrected chi connectivity index (χ1v) is 10.1. The fourth-order valence-electron chi connectivity index (χ4n) is 1.58. The Hall–Kier alpha value is -0.903. The van der Waals surface area contributed by atoms with Gasteiger partial charge in [-0.05, 0) is 17.2 Å². The second-order valence-electron chi connectivity index (χ2n) is 3.32. The molecule has 0 radical (unpaired) electrons. The molecule has 16 heavy (non-hydrogen) atoms. The van der Waals surface area contributed by atoms with E-state index in [-0.39, 0.29) is 0 Å². The van der Waals surface area contributed by atoms with Crippen LogP contribution in [0.1, 0.15) is 0 Å². The molecule has 1 atom stereocenters. The molecule has 0 spiro atoms. The fraction of sp³-hybridized carbons (Fsp3) is 0. The van der Waals surface area contributed by atoms with E-state index >= 15 is 0 Å². The zero-order valence-corrected chi connectivity index (χ0v) is 11.6. The van der Waals surface area contributed by atoms with E-state index in [1.54, 1.807) is 0 Å². The second-order valence-corrected chi connectivity index (χ2v) is 8.86. The van der Waals surface area contributed by atoms with Gasteiger partial charge in [-0.2, -0.15) is 11.1 Å². The number of halogens is 1. The van der Waals surface area contributed by atoms with Gasteiger partial charge in [0.15, 0.2) is 0 Å². The summed E-state index contributed by atoms with van der Waals surface area (Å²) in [6.45, 7) is 0. The Labute approximate surface area is 104 Å². The summed E-state index contributed by atoms with van der Waals surface area (Å²) in [5.41, 5.74) is 2.11. The third-order valence-electron chi connectivity index (χ3n) is 2.32. The van der Waals surface area contributed by atoms with Crippen molar-refractivity contribution in [3.8, 4) is 11.1 Å². The third kappa shape index (κ3) is 2.43. The summed E-state index contributed by atoms with van der Waals surface area (Å²) >= 11 is 5.78. The lowest BCUT2D eigenvalue weighted by molar-refractivity contribution is 0.691. The molecular weight excluding hydrogens is 256 g/mol. The summed E-state index contributed by atoms with van der Waals surface area (Å²) < 4.78 is 11.8. The van der Waals surface area contributed by atoms with Gasteiger partial charge in [0.25, 0.3) is 0 Å². The van der Waals surface area contributed by atoms with Gasteiger partial charge in [0, 0.05) is 15.1 Å². The molecule has 0 aliphatic carbocycles. The molecule has 4 heteroatoms. The van der Waals surface area contributed by atoms with Crippen LogP contribution < -0.4 is 0 Å². The lowest BCUT2D eigenvalue weighted by Gasteiger charge is -2.07. The second kappa shape index (κ2) is 5.43. The van der Waals surface area contributed by atoms with Crippen molar-refractivity contribution in [2.24, 2.45) is 0 Å². The van der Waals surface area contributed by atoms with Crippen molar-refractivity contribution < 1.29 is 4.21 Å². The lowest BCUT2D eigenvalue weighted by Crippen LogP contribution is -1.97. The van der Waals surface area contributed by atoms with E-state index in [0.29, 0.717) is 0 Å². The van der Waals surface area contributed by atoms with Crippen LogP contribution in [0.4, 0.5) is 0 Å². The first-order chi connectivity index (χ1) is 7.83. The van der Waals surface area contributed by atoms with Crippen LogP contribution in [0.15, 0.2) is 59.5 Å². The van der Waals surface area contributed by atoms with E-state index in [4.69, 9.17) is 11.1 Å². The van der Waals surface area contributed by atoms with E-state index in [0.717, 1.165) is 16.0 Å². The standard InChI is InChI=1S/C12H11ClOSSi/c13-16-15(14)12-9-5-4-8-11(12)10-6-2-1-3-7-10/h1-9H,16H2. The summed E-state index contributed by atoms with van der Waals surface area (Å²) in [5, 5.41) is 0. The molecule has 82 valence electrons. The van der Waals surface area contributed by atoms with Gasteiger partial charge in [0.2, 0.25) is 7.98 Å². The van der Waals surface area contributed by atoms with Crippen LogP contribution in [-0.2, 0) is 10.2 Å². The average molecular weight is 267 g/mol. The van der Waals surface area contributed by atoms with Crippen LogP contribution in [0.5, 0.6) is 0 Å². The first kappa shape index (κ1) is 11.6. The predicted octanol–water partition coefficient (Wildman–Crippen LogP) is 2.70. The highest BCUT2D eigenvalue weighted by molar-refractivity contribution is 8.14. The number of hydrogen-bond donors (Lipinski definition) is 0.